The fourth-order valence-corrected chi connectivity index (χ4v) is 2.74. The topological polar surface area (TPSA) is 23.6 Å². The molecule has 3 nitrogen and oxygen atoms in total. The van der Waals surface area contributed by atoms with E-state index in [1.54, 1.807) is 16.2 Å². The molecule has 4 heteroatoms. The molecular formula is C16H20N2OS. The van der Waals surface area contributed by atoms with Gasteiger partial charge in [-0.25, -0.2) is 0 Å². The number of benzene rings is 1. The van der Waals surface area contributed by atoms with Gasteiger partial charge in [0.05, 0.1) is 6.54 Å². The largest absolute Gasteiger partial charge is 0.314 e. The number of carbonyl (C=O) groups is 1. The summed E-state index contributed by atoms with van der Waals surface area (Å²) in [4.78, 5) is 17.5. The fourth-order valence-electron chi connectivity index (χ4n) is 2.00. The van der Waals surface area contributed by atoms with Crippen LogP contribution in [0, 0.1) is 0 Å². The maximum absolute atomic E-state index is 12.3. The number of thiophene rings is 1. The molecule has 1 amide bonds. The molecule has 20 heavy (non-hydrogen) atoms. The van der Waals surface area contributed by atoms with E-state index in [-0.39, 0.29) is 5.91 Å². The van der Waals surface area contributed by atoms with E-state index in [9.17, 15) is 4.79 Å². The Hall–Kier alpha value is -1.65. The molecule has 0 aliphatic carbocycles. The molecule has 1 heterocycles. The van der Waals surface area contributed by atoms with E-state index in [0.29, 0.717) is 6.54 Å². The minimum absolute atomic E-state index is 0.120. The molecule has 0 N–H and O–H groups in total. The molecule has 0 saturated carbocycles. The summed E-state index contributed by atoms with van der Waals surface area (Å²) in [6, 6.07) is 13.9. The van der Waals surface area contributed by atoms with E-state index in [0.717, 1.165) is 18.8 Å². The number of nitrogens with zero attached hydrogens (tertiary/aromatic N) is 2. The molecule has 0 unspecified atom stereocenters. The number of rotatable bonds is 6. The summed E-state index contributed by atoms with van der Waals surface area (Å²) in [5.41, 5.74) is 0.935. The van der Waals surface area contributed by atoms with Gasteiger partial charge in [-0.3, -0.25) is 9.69 Å². The van der Waals surface area contributed by atoms with E-state index in [1.807, 2.05) is 43.4 Å². The molecule has 0 aliphatic rings. The van der Waals surface area contributed by atoms with Crippen LogP contribution in [0.5, 0.6) is 0 Å². The number of likely N-dealkylation sites (N-methyl/N-ethyl adjacent to an activating group) is 2. The van der Waals surface area contributed by atoms with Gasteiger partial charge in [0.1, 0.15) is 0 Å². The monoisotopic (exact) mass is 288 g/mol. The van der Waals surface area contributed by atoms with Crippen LogP contribution >= 0.6 is 11.3 Å². The zero-order valence-corrected chi connectivity index (χ0v) is 12.8. The highest BCUT2D eigenvalue weighted by Crippen LogP contribution is 2.14. The first-order chi connectivity index (χ1) is 9.70. The van der Waals surface area contributed by atoms with Crippen molar-refractivity contribution in [3.8, 4) is 0 Å². The van der Waals surface area contributed by atoms with Gasteiger partial charge in [0, 0.05) is 24.2 Å². The summed E-state index contributed by atoms with van der Waals surface area (Å²) >= 11 is 1.73. The summed E-state index contributed by atoms with van der Waals surface area (Å²) in [5, 5.41) is 2.07. The summed E-state index contributed by atoms with van der Waals surface area (Å²) in [5.74, 6) is 0.120. The first-order valence-electron chi connectivity index (χ1n) is 6.77. The van der Waals surface area contributed by atoms with Crippen LogP contribution in [-0.2, 0) is 11.3 Å². The van der Waals surface area contributed by atoms with Gasteiger partial charge in [-0.05, 0) is 30.1 Å². The van der Waals surface area contributed by atoms with Crippen molar-refractivity contribution in [2.45, 2.75) is 13.5 Å². The number of hydrogen-bond acceptors (Lipinski definition) is 3. The van der Waals surface area contributed by atoms with Crippen molar-refractivity contribution in [3.05, 3.63) is 52.7 Å². The van der Waals surface area contributed by atoms with Gasteiger partial charge >= 0.3 is 0 Å². The van der Waals surface area contributed by atoms with Crippen LogP contribution in [0.2, 0.25) is 0 Å². The van der Waals surface area contributed by atoms with Crippen molar-refractivity contribution in [1.29, 1.82) is 0 Å². The highest BCUT2D eigenvalue weighted by molar-refractivity contribution is 7.09. The first-order valence-corrected chi connectivity index (χ1v) is 7.65. The van der Waals surface area contributed by atoms with Crippen LogP contribution in [0.3, 0.4) is 0 Å². The van der Waals surface area contributed by atoms with Gasteiger partial charge in [0.15, 0.2) is 0 Å². The molecule has 2 rings (SSSR count). The maximum atomic E-state index is 12.3. The zero-order valence-electron chi connectivity index (χ0n) is 12.0. The lowest BCUT2D eigenvalue weighted by atomic mass is 10.3. The van der Waals surface area contributed by atoms with E-state index in [4.69, 9.17) is 0 Å². The summed E-state index contributed by atoms with van der Waals surface area (Å²) in [7, 11) is 1.83. The third kappa shape index (κ3) is 3.92. The van der Waals surface area contributed by atoms with E-state index >= 15 is 0 Å². The van der Waals surface area contributed by atoms with Gasteiger partial charge in [-0.1, -0.05) is 31.2 Å². The molecule has 0 bridgehead atoms. The molecule has 0 fully saturated rings. The molecule has 0 spiro atoms. The Morgan fingerprint density at radius 3 is 2.50 bits per heavy atom. The highest BCUT2D eigenvalue weighted by atomic mass is 32.1. The average molecular weight is 288 g/mol. The number of carbonyl (C=O) groups excluding carboxylic acids is 1. The average Bonchev–Trinajstić information content (AvgIpc) is 2.99. The van der Waals surface area contributed by atoms with Gasteiger partial charge in [-0.15, -0.1) is 11.3 Å². The van der Waals surface area contributed by atoms with E-state index in [2.05, 4.69) is 23.3 Å². The predicted molar refractivity (Wildman–Crippen MR) is 85.1 cm³/mol. The van der Waals surface area contributed by atoms with Crippen LogP contribution in [-0.4, -0.2) is 30.9 Å². The van der Waals surface area contributed by atoms with Crippen molar-refractivity contribution in [2.75, 3.05) is 25.0 Å². The van der Waals surface area contributed by atoms with Crippen LogP contribution in [0.25, 0.3) is 0 Å². The Morgan fingerprint density at radius 1 is 1.15 bits per heavy atom. The lowest BCUT2D eigenvalue weighted by Gasteiger charge is -2.23. The number of hydrogen-bond donors (Lipinski definition) is 0. The van der Waals surface area contributed by atoms with E-state index in [1.165, 1.54) is 4.88 Å². The maximum Gasteiger partial charge on any atom is 0.240 e. The Labute approximate surface area is 124 Å². The first kappa shape index (κ1) is 14.8. The van der Waals surface area contributed by atoms with E-state index < -0.39 is 0 Å². The molecule has 0 aliphatic heterocycles. The predicted octanol–water partition coefficient (Wildman–Crippen LogP) is 3.23. The summed E-state index contributed by atoms with van der Waals surface area (Å²) < 4.78 is 0. The third-order valence-electron chi connectivity index (χ3n) is 3.28. The smallest absolute Gasteiger partial charge is 0.240 e. The van der Waals surface area contributed by atoms with Gasteiger partial charge in [-0.2, -0.15) is 0 Å². The molecule has 1 aromatic carbocycles. The molecule has 1 aromatic heterocycles. The minimum atomic E-state index is 0.120. The lowest BCUT2D eigenvalue weighted by Crippen LogP contribution is -2.38. The third-order valence-corrected chi connectivity index (χ3v) is 4.14. The summed E-state index contributed by atoms with van der Waals surface area (Å²) in [6.45, 7) is 4.23. The van der Waals surface area contributed by atoms with Crippen LogP contribution in [0.1, 0.15) is 11.8 Å². The second kappa shape index (κ2) is 7.22. The SMILES string of the molecule is CCN(CC(=O)N(C)c1ccccc1)Cc1cccs1. The Morgan fingerprint density at radius 2 is 1.90 bits per heavy atom. The van der Waals surface area contributed by atoms with Crippen molar-refractivity contribution < 1.29 is 4.79 Å². The molecule has 0 radical (unpaired) electrons. The zero-order chi connectivity index (χ0) is 14.4. The molecule has 0 atom stereocenters. The quantitative estimate of drug-likeness (QED) is 0.815. The Balaban J connectivity index is 1.95. The summed E-state index contributed by atoms with van der Waals surface area (Å²) in [6.07, 6.45) is 0. The Bertz CT molecular complexity index is 525. The lowest BCUT2D eigenvalue weighted by molar-refractivity contribution is -0.119. The molecule has 0 saturated heterocycles. The molecular weight excluding hydrogens is 268 g/mol. The highest BCUT2D eigenvalue weighted by Gasteiger charge is 2.15. The number of amides is 1. The second-order valence-corrected chi connectivity index (χ2v) is 5.70. The van der Waals surface area contributed by atoms with Crippen molar-refractivity contribution in [1.82, 2.24) is 4.90 Å². The van der Waals surface area contributed by atoms with Crippen molar-refractivity contribution in [3.63, 3.8) is 0 Å². The Kier molecular flexibility index (Phi) is 5.32. The fraction of sp³-hybridized carbons (Fsp3) is 0.312. The number of anilines is 1. The standard InChI is InChI=1S/C16H20N2OS/c1-3-18(12-15-10-7-11-20-15)13-16(19)17(2)14-8-5-4-6-9-14/h4-11H,3,12-13H2,1-2H3. The molecule has 2 aromatic rings. The normalized spacial score (nSPS) is 10.8. The number of para-hydroxylation sites is 1. The van der Waals surface area contributed by atoms with Crippen molar-refractivity contribution >= 4 is 22.9 Å². The molecule has 106 valence electrons. The van der Waals surface area contributed by atoms with Crippen LogP contribution < -0.4 is 4.90 Å². The van der Waals surface area contributed by atoms with Gasteiger partial charge in [0.2, 0.25) is 5.91 Å². The minimum Gasteiger partial charge on any atom is -0.314 e. The van der Waals surface area contributed by atoms with Gasteiger partial charge < -0.3 is 4.90 Å². The van der Waals surface area contributed by atoms with Crippen LogP contribution in [0.4, 0.5) is 5.69 Å². The van der Waals surface area contributed by atoms with Gasteiger partial charge in [0.25, 0.3) is 0 Å². The second-order valence-electron chi connectivity index (χ2n) is 4.67. The van der Waals surface area contributed by atoms with Crippen molar-refractivity contribution in [2.24, 2.45) is 0 Å². The van der Waals surface area contributed by atoms with Crippen LogP contribution in [0.15, 0.2) is 47.8 Å².